The maximum Gasteiger partial charge on any atom is 0.0995 e. The normalized spacial score (nSPS) is 10.7. The SMILES string of the molecule is CNCc1cn(Cc2ccccc2C#N)c2ccccc12. The number of benzene rings is 2. The predicted octanol–water partition coefficient (Wildman–Crippen LogP) is 3.28. The third-order valence-corrected chi connectivity index (χ3v) is 3.72. The molecule has 0 radical (unpaired) electrons. The van der Waals surface area contributed by atoms with Crippen LogP contribution in [0.25, 0.3) is 10.9 Å². The van der Waals surface area contributed by atoms with E-state index in [1.807, 2.05) is 31.3 Å². The fraction of sp³-hybridized carbons (Fsp3) is 0.167. The molecule has 0 fully saturated rings. The monoisotopic (exact) mass is 275 g/mol. The minimum Gasteiger partial charge on any atom is -0.343 e. The van der Waals surface area contributed by atoms with Crippen LogP contribution < -0.4 is 5.32 Å². The van der Waals surface area contributed by atoms with Crippen LogP contribution in [0.2, 0.25) is 0 Å². The van der Waals surface area contributed by atoms with E-state index >= 15 is 0 Å². The van der Waals surface area contributed by atoms with Crippen LogP contribution in [0.4, 0.5) is 0 Å². The van der Waals surface area contributed by atoms with Gasteiger partial charge in [0.2, 0.25) is 0 Å². The van der Waals surface area contributed by atoms with Gasteiger partial charge in [-0.05, 0) is 30.3 Å². The Morgan fingerprint density at radius 3 is 2.62 bits per heavy atom. The van der Waals surface area contributed by atoms with Crippen LogP contribution in [-0.2, 0) is 13.1 Å². The molecule has 3 rings (SSSR count). The molecule has 0 aliphatic heterocycles. The van der Waals surface area contributed by atoms with Crippen molar-refractivity contribution in [2.45, 2.75) is 13.1 Å². The zero-order valence-electron chi connectivity index (χ0n) is 12.0. The number of hydrogen-bond acceptors (Lipinski definition) is 2. The summed E-state index contributed by atoms with van der Waals surface area (Å²) in [6, 6.07) is 18.4. The number of para-hydroxylation sites is 1. The summed E-state index contributed by atoms with van der Waals surface area (Å²) in [4.78, 5) is 0. The second kappa shape index (κ2) is 5.82. The standard InChI is InChI=1S/C18H17N3/c1-20-11-16-13-21(18-9-5-4-8-17(16)18)12-15-7-3-2-6-14(15)10-19/h2-9,13,20H,11-12H2,1H3. The maximum absolute atomic E-state index is 9.23. The summed E-state index contributed by atoms with van der Waals surface area (Å²) in [5, 5.41) is 13.7. The van der Waals surface area contributed by atoms with Gasteiger partial charge in [0.15, 0.2) is 0 Å². The van der Waals surface area contributed by atoms with Gasteiger partial charge in [0.05, 0.1) is 11.6 Å². The number of nitrogens with one attached hydrogen (secondary N) is 1. The molecule has 0 bridgehead atoms. The van der Waals surface area contributed by atoms with Gasteiger partial charge in [0, 0.05) is 30.2 Å². The number of aromatic nitrogens is 1. The quantitative estimate of drug-likeness (QED) is 0.794. The Morgan fingerprint density at radius 2 is 1.81 bits per heavy atom. The van der Waals surface area contributed by atoms with E-state index in [9.17, 15) is 5.26 Å². The summed E-state index contributed by atoms with van der Waals surface area (Å²) in [7, 11) is 1.96. The molecule has 0 amide bonds. The smallest absolute Gasteiger partial charge is 0.0995 e. The van der Waals surface area contributed by atoms with Crippen molar-refractivity contribution >= 4 is 10.9 Å². The van der Waals surface area contributed by atoms with Crippen molar-refractivity contribution in [3.63, 3.8) is 0 Å². The average Bonchev–Trinajstić information content (AvgIpc) is 2.87. The molecule has 0 aliphatic rings. The van der Waals surface area contributed by atoms with Crippen LogP contribution >= 0.6 is 0 Å². The van der Waals surface area contributed by atoms with E-state index in [0.717, 1.165) is 17.7 Å². The lowest BCUT2D eigenvalue weighted by Crippen LogP contribution is -2.04. The highest BCUT2D eigenvalue weighted by atomic mass is 15.0. The zero-order chi connectivity index (χ0) is 14.7. The van der Waals surface area contributed by atoms with E-state index in [2.05, 4.69) is 46.4 Å². The number of nitriles is 1. The lowest BCUT2D eigenvalue weighted by molar-refractivity contribution is 0.794. The fourth-order valence-electron chi connectivity index (χ4n) is 2.74. The van der Waals surface area contributed by atoms with Crippen molar-refractivity contribution < 1.29 is 0 Å². The molecule has 0 saturated carbocycles. The molecule has 0 saturated heterocycles. The lowest BCUT2D eigenvalue weighted by Gasteiger charge is -2.07. The largest absolute Gasteiger partial charge is 0.343 e. The molecule has 1 N–H and O–H groups in total. The van der Waals surface area contributed by atoms with E-state index in [-0.39, 0.29) is 0 Å². The summed E-state index contributed by atoms with van der Waals surface area (Å²) >= 11 is 0. The third-order valence-electron chi connectivity index (χ3n) is 3.72. The van der Waals surface area contributed by atoms with Gasteiger partial charge in [-0.25, -0.2) is 0 Å². The molecule has 0 spiro atoms. The van der Waals surface area contributed by atoms with Gasteiger partial charge in [0.25, 0.3) is 0 Å². The highest BCUT2D eigenvalue weighted by molar-refractivity contribution is 5.84. The highest BCUT2D eigenvalue weighted by Gasteiger charge is 2.09. The van der Waals surface area contributed by atoms with Crippen LogP contribution in [-0.4, -0.2) is 11.6 Å². The van der Waals surface area contributed by atoms with Crippen LogP contribution in [0.1, 0.15) is 16.7 Å². The Labute approximate surface area is 124 Å². The summed E-state index contributed by atoms with van der Waals surface area (Å²) in [6.07, 6.45) is 2.18. The van der Waals surface area contributed by atoms with Gasteiger partial charge >= 0.3 is 0 Å². The van der Waals surface area contributed by atoms with Crippen molar-refractivity contribution in [2.75, 3.05) is 7.05 Å². The van der Waals surface area contributed by atoms with Gasteiger partial charge in [-0.15, -0.1) is 0 Å². The molecule has 0 atom stereocenters. The average molecular weight is 275 g/mol. The molecule has 104 valence electrons. The lowest BCUT2D eigenvalue weighted by atomic mass is 10.1. The maximum atomic E-state index is 9.23. The van der Waals surface area contributed by atoms with E-state index < -0.39 is 0 Å². The molecule has 3 aromatic rings. The predicted molar refractivity (Wildman–Crippen MR) is 85.0 cm³/mol. The molecule has 21 heavy (non-hydrogen) atoms. The first-order valence-electron chi connectivity index (χ1n) is 7.03. The number of rotatable bonds is 4. The van der Waals surface area contributed by atoms with Crippen LogP contribution in [0.3, 0.4) is 0 Å². The third kappa shape index (κ3) is 2.54. The molecule has 3 heteroatoms. The second-order valence-electron chi connectivity index (χ2n) is 5.10. The van der Waals surface area contributed by atoms with Crippen molar-refractivity contribution in [3.8, 4) is 6.07 Å². The number of hydrogen-bond donors (Lipinski definition) is 1. The van der Waals surface area contributed by atoms with Gasteiger partial charge in [-0.3, -0.25) is 0 Å². The summed E-state index contributed by atoms with van der Waals surface area (Å²) < 4.78 is 2.22. The van der Waals surface area contributed by atoms with Crippen LogP contribution in [0.15, 0.2) is 54.7 Å². The summed E-state index contributed by atoms with van der Waals surface area (Å²) in [5.74, 6) is 0. The van der Waals surface area contributed by atoms with Crippen molar-refractivity contribution in [2.24, 2.45) is 0 Å². The Morgan fingerprint density at radius 1 is 1.05 bits per heavy atom. The van der Waals surface area contributed by atoms with Crippen molar-refractivity contribution in [1.82, 2.24) is 9.88 Å². The molecule has 1 heterocycles. The Kier molecular flexibility index (Phi) is 3.72. The highest BCUT2D eigenvalue weighted by Crippen LogP contribution is 2.23. The van der Waals surface area contributed by atoms with Gasteiger partial charge in [0.1, 0.15) is 0 Å². The molecular weight excluding hydrogens is 258 g/mol. The fourth-order valence-corrected chi connectivity index (χ4v) is 2.74. The van der Waals surface area contributed by atoms with E-state index in [0.29, 0.717) is 6.54 Å². The van der Waals surface area contributed by atoms with Crippen molar-refractivity contribution in [3.05, 3.63) is 71.4 Å². The minimum atomic E-state index is 0.716. The summed E-state index contributed by atoms with van der Waals surface area (Å²) in [6.45, 7) is 1.56. The molecule has 0 aliphatic carbocycles. The van der Waals surface area contributed by atoms with E-state index in [4.69, 9.17) is 0 Å². The molecule has 1 aromatic heterocycles. The number of nitrogens with zero attached hydrogens (tertiary/aromatic N) is 2. The molecule has 0 unspecified atom stereocenters. The minimum absolute atomic E-state index is 0.716. The zero-order valence-corrected chi connectivity index (χ0v) is 12.0. The van der Waals surface area contributed by atoms with Crippen LogP contribution in [0.5, 0.6) is 0 Å². The first kappa shape index (κ1) is 13.4. The first-order valence-corrected chi connectivity index (χ1v) is 7.03. The summed E-state index contributed by atoms with van der Waals surface area (Å²) in [5.41, 5.74) is 4.28. The van der Waals surface area contributed by atoms with Crippen molar-refractivity contribution in [1.29, 1.82) is 5.26 Å². The van der Waals surface area contributed by atoms with Gasteiger partial charge in [-0.1, -0.05) is 36.4 Å². The Balaban J connectivity index is 2.07. The second-order valence-corrected chi connectivity index (χ2v) is 5.10. The van der Waals surface area contributed by atoms with E-state index in [1.165, 1.54) is 16.5 Å². The first-order chi connectivity index (χ1) is 10.3. The Hall–Kier alpha value is -2.57. The van der Waals surface area contributed by atoms with E-state index in [1.54, 1.807) is 0 Å². The molecular formula is C18H17N3. The number of fused-ring (bicyclic) bond motifs is 1. The van der Waals surface area contributed by atoms with Gasteiger partial charge < -0.3 is 9.88 Å². The molecule has 3 nitrogen and oxygen atoms in total. The topological polar surface area (TPSA) is 40.8 Å². The van der Waals surface area contributed by atoms with Crippen LogP contribution in [0, 0.1) is 11.3 Å². The van der Waals surface area contributed by atoms with Gasteiger partial charge in [-0.2, -0.15) is 5.26 Å². The molecule has 2 aromatic carbocycles. The Bertz CT molecular complexity index is 809.